The van der Waals surface area contributed by atoms with Crippen molar-refractivity contribution in [1.82, 2.24) is 20.0 Å². The fraction of sp³-hybridized carbons (Fsp3) is 0.226. The van der Waals surface area contributed by atoms with Crippen LogP contribution < -0.4 is 4.90 Å². The molecule has 4 aromatic rings. The average Bonchev–Trinajstić information content (AvgIpc) is 3.00. The number of hydrogen-bond acceptors (Lipinski definition) is 5. The van der Waals surface area contributed by atoms with E-state index in [9.17, 15) is 9.59 Å². The molecule has 1 aromatic heterocycles. The number of carbonyl (C=O) groups is 2. The van der Waals surface area contributed by atoms with E-state index in [0.29, 0.717) is 36.8 Å². The molecule has 198 valence electrons. The summed E-state index contributed by atoms with van der Waals surface area (Å²) in [5.74, 6) is 0.427. The molecule has 0 aliphatic carbocycles. The number of carbonyl (C=O) groups excluding carboxylic acids is 2. The number of amides is 2. The molecule has 2 heterocycles. The highest BCUT2D eigenvalue weighted by atomic mass is 35.5. The first kappa shape index (κ1) is 26.4. The van der Waals surface area contributed by atoms with E-state index >= 15 is 0 Å². The molecule has 1 saturated heterocycles. The lowest BCUT2D eigenvalue weighted by molar-refractivity contribution is -0.132. The van der Waals surface area contributed by atoms with Crippen molar-refractivity contribution in [3.63, 3.8) is 0 Å². The van der Waals surface area contributed by atoms with Gasteiger partial charge in [-0.1, -0.05) is 84.4 Å². The van der Waals surface area contributed by atoms with Crippen molar-refractivity contribution in [1.29, 1.82) is 0 Å². The van der Waals surface area contributed by atoms with Gasteiger partial charge in [-0.25, -0.2) is 0 Å². The zero-order valence-electron chi connectivity index (χ0n) is 21.8. The highest BCUT2D eigenvalue weighted by Crippen LogP contribution is 2.26. The van der Waals surface area contributed by atoms with Crippen LogP contribution in [0, 0.1) is 0 Å². The van der Waals surface area contributed by atoms with Crippen molar-refractivity contribution in [2.45, 2.75) is 13.0 Å². The predicted octanol–water partition coefficient (Wildman–Crippen LogP) is 5.35. The van der Waals surface area contributed by atoms with Gasteiger partial charge in [0.05, 0.1) is 22.3 Å². The number of hydrogen-bond donors (Lipinski definition) is 0. The molecule has 0 radical (unpaired) electrons. The van der Waals surface area contributed by atoms with Gasteiger partial charge < -0.3 is 14.7 Å². The number of benzene rings is 3. The molecular weight excluding hydrogens is 510 g/mol. The second kappa shape index (κ2) is 12.1. The van der Waals surface area contributed by atoms with Crippen molar-refractivity contribution in [3.05, 3.63) is 113 Å². The summed E-state index contributed by atoms with van der Waals surface area (Å²) < 4.78 is 0. The predicted molar refractivity (Wildman–Crippen MR) is 154 cm³/mol. The van der Waals surface area contributed by atoms with Gasteiger partial charge in [-0.3, -0.25) is 9.59 Å². The molecule has 39 heavy (non-hydrogen) atoms. The smallest absolute Gasteiger partial charge is 0.256 e. The molecule has 1 aliphatic heterocycles. The lowest BCUT2D eigenvalue weighted by Crippen LogP contribution is -2.52. The molecule has 7 nitrogen and oxygen atoms in total. The van der Waals surface area contributed by atoms with E-state index in [-0.39, 0.29) is 24.4 Å². The number of anilines is 1. The van der Waals surface area contributed by atoms with Gasteiger partial charge in [0.1, 0.15) is 6.54 Å². The van der Waals surface area contributed by atoms with Gasteiger partial charge >= 0.3 is 0 Å². The Bertz CT molecular complexity index is 1410. The molecule has 0 N–H and O–H groups in total. The summed E-state index contributed by atoms with van der Waals surface area (Å²) in [6.07, 6.45) is 0. The van der Waals surface area contributed by atoms with Gasteiger partial charge in [0, 0.05) is 31.7 Å². The van der Waals surface area contributed by atoms with Gasteiger partial charge in [-0.15, -0.1) is 10.2 Å². The van der Waals surface area contributed by atoms with E-state index in [0.717, 1.165) is 22.6 Å². The minimum Gasteiger partial charge on any atom is -0.352 e. The quantitative estimate of drug-likeness (QED) is 0.317. The molecule has 1 fully saturated rings. The second-order valence-electron chi connectivity index (χ2n) is 9.51. The fourth-order valence-corrected chi connectivity index (χ4v) is 4.99. The number of piperazine rings is 1. The van der Waals surface area contributed by atoms with Crippen LogP contribution in [0.2, 0.25) is 5.02 Å². The second-order valence-corrected chi connectivity index (χ2v) is 9.92. The molecule has 0 bridgehead atoms. The molecule has 5 rings (SSSR count). The van der Waals surface area contributed by atoms with Crippen LogP contribution in [0.25, 0.3) is 11.3 Å². The van der Waals surface area contributed by atoms with E-state index in [4.69, 9.17) is 11.6 Å². The van der Waals surface area contributed by atoms with Crippen LogP contribution in [0.1, 0.15) is 28.9 Å². The summed E-state index contributed by atoms with van der Waals surface area (Å²) in [5.41, 5.74) is 3.18. The molecule has 8 heteroatoms. The topological polar surface area (TPSA) is 69.6 Å². The molecule has 1 aliphatic rings. The number of nitrogens with zero attached hydrogens (tertiary/aromatic N) is 5. The number of aromatic nitrogens is 2. The molecule has 0 saturated carbocycles. The molecule has 1 unspecified atom stereocenters. The van der Waals surface area contributed by atoms with Crippen LogP contribution in [0.4, 0.5) is 5.82 Å². The summed E-state index contributed by atoms with van der Waals surface area (Å²) >= 11 is 6.36. The lowest BCUT2D eigenvalue weighted by atomic mass is 10.1. The Morgan fingerprint density at radius 3 is 2.10 bits per heavy atom. The maximum atomic E-state index is 13.6. The highest BCUT2D eigenvalue weighted by molar-refractivity contribution is 6.33. The Morgan fingerprint density at radius 2 is 1.46 bits per heavy atom. The third-order valence-corrected chi connectivity index (χ3v) is 7.43. The van der Waals surface area contributed by atoms with Crippen LogP contribution >= 0.6 is 11.6 Å². The minimum absolute atomic E-state index is 0.0360. The fourth-order valence-electron chi connectivity index (χ4n) is 4.77. The van der Waals surface area contributed by atoms with Gasteiger partial charge in [-0.2, -0.15) is 0 Å². The standard InChI is InChI=1S/C31H30ClN5O2/c1-23(24-10-4-2-5-11-24)37(31(39)26-14-8-9-15-27(26)32)22-30(38)36-20-18-35(19-21-36)29-17-16-28(33-34-29)25-12-6-3-7-13-25/h2-17,23H,18-22H2,1H3. The first-order chi connectivity index (χ1) is 19.0. The summed E-state index contributed by atoms with van der Waals surface area (Å²) in [6.45, 7) is 4.25. The van der Waals surface area contributed by atoms with Gasteiger partial charge in [-0.05, 0) is 36.8 Å². The van der Waals surface area contributed by atoms with E-state index < -0.39 is 0 Å². The zero-order chi connectivity index (χ0) is 27.2. The van der Waals surface area contributed by atoms with Crippen molar-refractivity contribution in [2.75, 3.05) is 37.6 Å². The summed E-state index contributed by atoms with van der Waals surface area (Å²) in [4.78, 5) is 32.6. The van der Waals surface area contributed by atoms with Crippen molar-refractivity contribution >= 4 is 29.2 Å². The van der Waals surface area contributed by atoms with Crippen LogP contribution in [0.3, 0.4) is 0 Å². The molecule has 2 amide bonds. The molecule has 1 atom stereocenters. The largest absolute Gasteiger partial charge is 0.352 e. The SMILES string of the molecule is CC(c1ccccc1)N(CC(=O)N1CCN(c2ccc(-c3ccccc3)nn2)CC1)C(=O)c1ccccc1Cl. The number of rotatable bonds is 7. The van der Waals surface area contributed by atoms with E-state index in [1.54, 1.807) is 29.2 Å². The van der Waals surface area contributed by atoms with Crippen molar-refractivity contribution < 1.29 is 9.59 Å². The monoisotopic (exact) mass is 539 g/mol. The van der Waals surface area contributed by atoms with Crippen LogP contribution in [0.5, 0.6) is 0 Å². The minimum atomic E-state index is -0.307. The highest BCUT2D eigenvalue weighted by Gasteiger charge is 2.30. The Kier molecular flexibility index (Phi) is 8.18. The van der Waals surface area contributed by atoms with Crippen LogP contribution in [-0.2, 0) is 4.79 Å². The maximum Gasteiger partial charge on any atom is 0.256 e. The Morgan fingerprint density at radius 1 is 0.821 bits per heavy atom. The Labute approximate surface area is 233 Å². The molecule has 0 spiro atoms. The third kappa shape index (κ3) is 6.10. The summed E-state index contributed by atoms with van der Waals surface area (Å²) in [5, 5.41) is 9.19. The van der Waals surface area contributed by atoms with Crippen molar-refractivity contribution in [3.8, 4) is 11.3 Å². The summed E-state index contributed by atoms with van der Waals surface area (Å²) in [6, 6.07) is 30.2. The maximum absolute atomic E-state index is 13.6. The third-order valence-electron chi connectivity index (χ3n) is 7.10. The van der Waals surface area contributed by atoms with E-state index in [2.05, 4.69) is 15.1 Å². The van der Waals surface area contributed by atoms with Crippen LogP contribution in [-0.4, -0.2) is 64.5 Å². The normalized spacial score (nSPS) is 14.1. The van der Waals surface area contributed by atoms with Gasteiger partial charge in [0.15, 0.2) is 5.82 Å². The van der Waals surface area contributed by atoms with E-state index in [1.807, 2.05) is 84.6 Å². The number of halogens is 1. The lowest BCUT2D eigenvalue weighted by Gasteiger charge is -2.37. The zero-order valence-corrected chi connectivity index (χ0v) is 22.5. The van der Waals surface area contributed by atoms with Crippen molar-refractivity contribution in [2.24, 2.45) is 0 Å². The first-order valence-electron chi connectivity index (χ1n) is 13.0. The van der Waals surface area contributed by atoms with Crippen LogP contribution in [0.15, 0.2) is 97.1 Å². The van der Waals surface area contributed by atoms with Gasteiger partial charge in [0.2, 0.25) is 5.91 Å². The molecular formula is C31H30ClN5O2. The average molecular weight is 540 g/mol. The van der Waals surface area contributed by atoms with Gasteiger partial charge in [0.25, 0.3) is 5.91 Å². The summed E-state index contributed by atoms with van der Waals surface area (Å²) in [7, 11) is 0. The Hall–Kier alpha value is -4.23. The van der Waals surface area contributed by atoms with E-state index in [1.165, 1.54) is 0 Å². The molecule has 3 aromatic carbocycles. The first-order valence-corrected chi connectivity index (χ1v) is 13.4. The Balaban J connectivity index is 1.26.